The number of hydrogen-bond donors (Lipinski definition) is 8. The van der Waals surface area contributed by atoms with Gasteiger partial charge < -0.3 is 53.2 Å². The van der Waals surface area contributed by atoms with Gasteiger partial charge in [-0.2, -0.15) is 10.5 Å². The summed E-state index contributed by atoms with van der Waals surface area (Å²) in [5, 5.41) is 48.0. The highest BCUT2D eigenvalue weighted by atomic mass is 16.3. The molecule has 0 radical (unpaired) electrons. The topological polar surface area (TPSA) is 345 Å². The lowest BCUT2D eigenvalue weighted by atomic mass is 9.75. The van der Waals surface area contributed by atoms with E-state index in [4.69, 9.17) is 22.9 Å². The molecule has 8 unspecified atom stereocenters. The highest BCUT2D eigenvalue weighted by molar-refractivity contribution is 6.01. The third-order valence-electron chi connectivity index (χ3n) is 11.6. The van der Waals surface area contributed by atoms with Crippen molar-refractivity contribution in [2.75, 3.05) is 32.8 Å². The second-order valence-electron chi connectivity index (χ2n) is 15.8. The number of nitrogens with two attached hydrogens (primary N) is 4. The maximum Gasteiger partial charge on any atom is 0.251 e. The Morgan fingerprint density at radius 3 is 1.74 bits per heavy atom. The molecule has 6 rings (SSSR count). The number of aliphatic hydroxyl groups excluding tert-OH is 2. The highest BCUT2D eigenvalue weighted by Crippen LogP contribution is 2.58. The molecule has 7 amide bonds. The van der Waals surface area contributed by atoms with E-state index in [9.17, 15) is 49.5 Å². The number of aliphatic hydroxyl groups is 2. The molecule has 0 bridgehead atoms. The van der Waals surface area contributed by atoms with Gasteiger partial charge in [0.1, 0.15) is 28.7 Å². The molecule has 20 heteroatoms. The van der Waals surface area contributed by atoms with E-state index < -0.39 is 107 Å². The molecule has 0 aromatic heterocycles. The summed E-state index contributed by atoms with van der Waals surface area (Å²) < 4.78 is 0. The Hall–Kier alpha value is -6.45. The van der Waals surface area contributed by atoms with Crippen LogP contribution < -0.4 is 33.6 Å². The van der Waals surface area contributed by atoms with Crippen LogP contribution in [0.1, 0.15) is 76.1 Å². The van der Waals surface area contributed by atoms with Crippen LogP contribution in [0.5, 0.6) is 0 Å². The van der Waals surface area contributed by atoms with E-state index in [1.807, 2.05) is 13.8 Å². The maximum atomic E-state index is 15.0. The molecule has 62 heavy (non-hydrogen) atoms. The number of carbonyl (C=O) groups is 7. The van der Waals surface area contributed by atoms with Gasteiger partial charge in [0.05, 0.1) is 62.5 Å². The Balaban J connectivity index is 0.000000684. The van der Waals surface area contributed by atoms with Gasteiger partial charge in [0, 0.05) is 25.7 Å². The van der Waals surface area contributed by atoms with Gasteiger partial charge in [-0.3, -0.25) is 38.9 Å². The van der Waals surface area contributed by atoms with Gasteiger partial charge in [-0.15, -0.1) is 0 Å². The second-order valence-corrected chi connectivity index (χ2v) is 15.8. The van der Waals surface area contributed by atoms with Crippen molar-refractivity contribution in [2.45, 2.75) is 93.7 Å². The lowest BCUT2D eigenvalue weighted by molar-refractivity contribution is -0.172. The van der Waals surface area contributed by atoms with E-state index in [0.29, 0.717) is 17.5 Å². The molecule has 332 valence electrons. The van der Waals surface area contributed by atoms with E-state index in [-0.39, 0.29) is 38.8 Å². The number of nitrogens with zero attached hydrogens (tertiary/aromatic N) is 5. The van der Waals surface area contributed by atoms with Crippen LogP contribution in [0.15, 0.2) is 60.7 Å². The minimum absolute atomic E-state index is 0.0437. The Kier molecular flexibility index (Phi) is 15.2. The molecular formula is C42H55N11O9. The molecule has 4 saturated heterocycles. The summed E-state index contributed by atoms with van der Waals surface area (Å²) in [5.74, 6) is -4.31. The van der Waals surface area contributed by atoms with Crippen molar-refractivity contribution >= 4 is 41.4 Å². The molecule has 0 aliphatic carbocycles. The van der Waals surface area contributed by atoms with Crippen molar-refractivity contribution in [3.63, 3.8) is 0 Å². The van der Waals surface area contributed by atoms with Crippen molar-refractivity contribution in [2.24, 2.45) is 28.3 Å². The summed E-state index contributed by atoms with van der Waals surface area (Å²) in [4.78, 5) is 91.8. The zero-order valence-corrected chi connectivity index (χ0v) is 35.0. The number of hydrogen-bond acceptors (Lipinski definition) is 13. The minimum Gasteiger partial charge on any atom is -0.394 e. The molecule has 4 aliphatic rings. The summed E-state index contributed by atoms with van der Waals surface area (Å²) >= 11 is 0. The van der Waals surface area contributed by atoms with E-state index >= 15 is 4.79 Å². The largest absolute Gasteiger partial charge is 0.394 e. The Morgan fingerprint density at radius 1 is 0.806 bits per heavy atom. The fourth-order valence-corrected chi connectivity index (χ4v) is 9.04. The average molecular weight is 858 g/mol. The SMILES string of the molecule is CC.CC1(C#N)CC2(CN(CC(N)=O)C2=O)N(C(=O)C(CO)NC2(C#N)CC3(CNC3=O)N(C(=O)C(N)CO)C2c2ccccc2)C1c1ccccc1.NC(=O)CCCC(N)=O. The normalized spacial score (nSPS) is 27.8. The van der Waals surface area contributed by atoms with E-state index in [1.54, 1.807) is 67.6 Å². The van der Waals surface area contributed by atoms with Crippen molar-refractivity contribution in [3.05, 3.63) is 71.8 Å². The number of carbonyl (C=O) groups excluding carboxylic acids is 7. The number of benzene rings is 2. The Morgan fingerprint density at radius 2 is 1.34 bits per heavy atom. The Labute approximate surface area is 359 Å². The third-order valence-corrected chi connectivity index (χ3v) is 11.6. The number of nitrogens with one attached hydrogen (secondary N) is 2. The van der Waals surface area contributed by atoms with Gasteiger partial charge in [-0.05, 0) is 24.5 Å². The standard InChI is InChI=1S/C35H39N9O7.C5H10N2O2.C2H6/c1-32(17-36)15-35(20-42(31(35)51)12-25(39)47)43(26(32)21-8-4-2-5-9-21)29(49)24(14-46)41-33(18-37)16-34(19-40-30(34)50)44(28(48)23(38)13-45)27(33)22-10-6-3-7-11-22;6-4(8)2-1-3-5(7)9;1-2/h2-11,23-24,26-27,41,45-46H,12-16,19-20,38H2,1H3,(H2,39,47)(H,40,50);1-3H2,(H2,6,8)(H2,7,9);1-2H3. The monoisotopic (exact) mass is 857 g/mol. The molecular weight excluding hydrogens is 803 g/mol. The second kappa shape index (κ2) is 19.5. The van der Waals surface area contributed by atoms with Crippen LogP contribution in [0, 0.1) is 28.1 Å². The first-order chi connectivity index (χ1) is 29.4. The molecule has 0 saturated carbocycles. The molecule has 4 heterocycles. The van der Waals surface area contributed by atoms with E-state index in [1.165, 1.54) is 14.7 Å². The fraction of sp³-hybridized carbons (Fsp3) is 0.500. The van der Waals surface area contributed by atoms with Crippen LogP contribution in [0.2, 0.25) is 0 Å². The van der Waals surface area contributed by atoms with Crippen LogP contribution >= 0.6 is 0 Å². The molecule has 2 aromatic carbocycles. The van der Waals surface area contributed by atoms with E-state index in [2.05, 4.69) is 22.8 Å². The van der Waals surface area contributed by atoms with Crippen LogP contribution in [-0.4, -0.2) is 128 Å². The zero-order chi connectivity index (χ0) is 46.2. The lowest BCUT2D eigenvalue weighted by Crippen LogP contribution is -2.75. The molecule has 20 nitrogen and oxygen atoms in total. The molecule has 4 aliphatic heterocycles. The first-order valence-corrected chi connectivity index (χ1v) is 20.2. The third kappa shape index (κ3) is 8.81. The summed E-state index contributed by atoms with van der Waals surface area (Å²) in [6.07, 6.45) is 0.537. The summed E-state index contributed by atoms with van der Waals surface area (Å²) in [6.45, 7) is 3.46. The van der Waals surface area contributed by atoms with Crippen molar-refractivity contribution in [3.8, 4) is 12.1 Å². The number of nitriles is 2. The van der Waals surface area contributed by atoms with Crippen LogP contribution in [-0.2, 0) is 33.6 Å². The van der Waals surface area contributed by atoms with Gasteiger partial charge in [0.25, 0.3) is 5.91 Å². The first-order valence-electron chi connectivity index (χ1n) is 20.2. The van der Waals surface area contributed by atoms with Crippen molar-refractivity contribution in [1.82, 2.24) is 25.3 Å². The van der Waals surface area contributed by atoms with Crippen molar-refractivity contribution in [1.29, 1.82) is 10.5 Å². The maximum absolute atomic E-state index is 15.0. The van der Waals surface area contributed by atoms with E-state index in [0.717, 1.165) is 0 Å². The summed E-state index contributed by atoms with van der Waals surface area (Å²) in [6, 6.07) is 16.3. The predicted molar refractivity (Wildman–Crippen MR) is 220 cm³/mol. The average Bonchev–Trinajstić information content (AvgIpc) is 3.75. The van der Waals surface area contributed by atoms with Crippen LogP contribution in [0.25, 0.3) is 0 Å². The van der Waals surface area contributed by atoms with Gasteiger partial charge in [0.2, 0.25) is 35.4 Å². The molecule has 2 aromatic rings. The van der Waals surface area contributed by atoms with Crippen LogP contribution in [0.4, 0.5) is 0 Å². The molecule has 12 N–H and O–H groups in total. The molecule has 8 atom stereocenters. The van der Waals surface area contributed by atoms with Gasteiger partial charge >= 0.3 is 0 Å². The quantitative estimate of drug-likeness (QED) is 0.0963. The molecule has 2 spiro atoms. The Bertz CT molecular complexity index is 2100. The number of rotatable bonds is 14. The fourth-order valence-electron chi connectivity index (χ4n) is 9.04. The van der Waals surface area contributed by atoms with Gasteiger partial charge in [-0.25, -0.2) is 0 Å². The predicted octanol–water partition coefficient (Wildman–Crippen LogP) is -1.92. The number of amides is 7. The smallest absolute Gasteiger partial charge is 0.251 e. The molecule has 4 fully saturated rings. The van der Waals surface area contributed by atoms with Crippen molar-refractivity contribution < 1.29 is 43.8 Å². The summed E-state index contributed by atoms with van der Waals surface area (Å²) in [5.41, 5.74) is 15.6. The number of primary amides is 3. The number of β-lactam (4-membered cyclic amide) rings is 2. The van der Waals surface area contributed by atoms with Gasteiger partial charge in [0.15, 0.2) is 0 Å². The minimum atomic E-state index is -1.90. The number of likely N-dealkylation sites (tertiary alicyclic amines) is 3. The summed E-state index contributed by atoms with van der Waals surface area (Å²) in [7, 11) is 0. The lowest BCUT2D eigenvalue weighted by Gasteiger charge is -2.52. The highest BCUT2D eigenvalue weighted by Gasteiger charge is 2.72. The van der Waals surface area contributed by atoms with Gasteiger partial charge in [-0.1, -0.05) is 74.5 Å². The van der Waals surface area contributed by atoms with Crippen LogP contribution in [0.3, 0.4) is 0 Å². The first kappa shape index (κ1) is 48.2. The zero-order valence-electron chi connectivity index (χ0n) is 35.0.